The van der Waals surface area contributed by atoms with E-state index in [-0.39, 0.29) is 0 Å². The van der Waals surface area contributed by atoms with Crippen LogP contribution in [0.1, 0.15) is 10.4 Å². The summed E-state index contributed by atoms with van der Waals surface area (Å²) in [7, 11) is 2.86. The van der Waals surface area contributed by atoms with Crippen molar-refractivity contribution in [1.29, 1.82) is 0 Å². The van der Waals surface area contributed by atoms with Gasteiger partial charge in [0.05, 0.1) is 5.69 Å². The second-order valence-electron chi connectivity index (χ2n) is 2.67. The molecule has 3 nitrogen and oxygen atoms in total. The van der Waals surface area contributed by atoms with Gasteiger partial charge in [-0.05, 0) is 38.4 Å². The van der Waals surface area contributed by atoms with Crippen LogP contribution in [0.4, 0.5) is 5.69 Å². The smallest absolute Gasteiger partial charge is 0.162 e. The maximum Gasteiger partial charge on any atom is 0.162 e. The van der Waals surface area contributed by atoms with E-state index in [0.717, 1.165) is 21.2 Å². The van der Waals surface area contributed by atoms with Crippen LogP contribution in [0.2, 0.25) is 0 Å². The first-order valence-corrected chi connectivity index (χ1v) is 6.91. The fraction of sp³-hybridized carbons (Fsp3) is 0. The highest BCUT2D eigenvalue weighted by molar-refractivity contribution is 9.10. The van der Waals surface area contributed by atoms with Gasteiger partial charge in [0.25, 0.3) is 0 Å². The number of aromatic nitrogens is 1. The third kappa shape index (κ3) is 2.58. The molecule has 1 aromatic carbocycles. The molecule has 6 heteroatoms. The van der Waals surface area contributed by atoms with Crippen LogP contribution in [0.15, 0.2) is 33.9 Å². The molecule has 0 aliphatic heterocycles. The van der Waals surface area contributed by atoms with Gasteiger partial charge in [-0.1, -0.05) is 12.1 Å². The summed E-state index contributed by atoms with van der Waals surface area (Å²) in [4.78, 5) is 14.9. The molecule has 1 heterocycles. The van der Waals surface area contributed by atoms with Crippen LogP contribution in [-0.2, 0) is 0 Å². The van der Waals surface area contributed by atoms with Crippen molar-refractivity contribution in [3.05, 3.63) is 39.1 Å². The van der Waals surface area contributed by atoms with Gasteiger partial charge in [0.2, 0.25) is 0 Å². The van der Waals surface area contributed by atoms with Crippen molar-refractivity contribution in [2.45, 2.75) is 0 Å². The number of aldehydes is 1. The van der Waals surface area contributed by atoms with Gasteiger partial charge in [-0.15, -0.1) is 0 Å². The zero-order valence-corrected chi connectivity index (χ0v) is 10.6. The zero-order valence-electron chi connectivity index (χ0n) is 7.38. The average Bonchev–Trinajstić information content (AvgIpc) is 2.65. The summed E-state index contributed by atoms with van der Waals surface area (Å²) >= 11 is 3.31. The minimum atomic E-state index is 0.626. The summed E-state index contributed by atoms with van der Waals surface area (Å²) in [5.41, 5.74) is 1.39. The molecular weight excluding hydrogens is 296 g/mol. The summed E-state index contributed by atoms with van der Waals surface area (Å²) in [6.45, 7) is 0. The molecule has 0 amide bonds. The van der Waals surface area contributed by atoms with Crippen molar-refractivity contribution in [1.82, 2.24) is 4.37 Å². The van der Waals surface area contributed by atoms with Crippen LogP contribution in [0, 0.1) is 0 Å². The molecule has 2 rings (SSSR count). The number of carbonyl (C=O) groups is 1. The van der Waals surface area contributed by atoms with Gasteiger partial charge < -0.3 is 0 Å². The fourth-order valence-electron chi connectivity index (χ4n) is 1.01. The monoisotopic (exact) mass is 300 g/mol. The van der Waals surface area contributed by atoms with Crippen molar-refractivity contribution in [3.8, 4) is 0 Å². The number of carbonyl (C=O) groups excluding carboxylic acids is 1. The van der Waals surface area contributed by atoms with Crippen LogP contribution in [0.5, 0.6) is 0 Å². The van der Waals surface area contributed by atoms with E-state index < -0.39 is 0 Å². The molecule has 0 bridgehead atoms. The molecule has 0 aliphatic carbocycles. The molecule has 2 aromatic rings. The standard InChI is InChI=1S/C9H5BrN2OS2/c10-8-9(14-15-12-8)11-7-3-1-2-6(4-7)5-13/h1-5H. The van der Waals surface area contributed by atoms with Crippen molar-refractivity contribution in [2.75, 3.05) is 0 Å². The fourth-order valence-corrected chi connectivity index (χ4v) is 3.64. The average molecular weight is 301 g/mol. The largest absolute Gasteiger partial charge is 0.298 e. The van der Waals surface area contributed by atoms with E-state index in [2.05, 4.69) is 25.3 Å². The molecule has 0 saturated heterocycles. The Morgan fingerprint density at radius 1 is 1.47 bits per heavy atom. The van der Waals surface area contributed by atoms with E-state index in [1.54, 1.807) is 18.2 Å². The van der Waals surface area contributed by atoms with Crippen LogP contribution in [0.3, 0.4) is 0 Å². The van der Waals surface area contributed by atoms with Gasteiger partial charge in [0, 0.05) is 16.1 Å². The van der Waals surface area contributed by atoms with E-state index in [1.807, 2.05) is 6.07 Å². The summed E-state index contributed by atoms with van der Waals surface area (Å²) in [6.07, 6.45) is 0.809. The molecule has 0 unspecified atom stereocenters. The number of hydrogen-bond acceptors (Lipinski definition) is 5. The molecule has 0 atom stereocenters. The van der Waals surface area contributed by atoms with E-state index in [9.17, 15) is 4.79 Å². The van der Waals surface area contributed by atoms with Gasteiger partial charge in [0.1, 0.15) is 6.29 Å². The lowest BCUT2D eigenvalue weighted by atomic mass is 10.2. The Kier molecular flexibility index (Phi) is 3.40. The maximum absolute atomic E-state index is 10.6. The normalized spacial score (nSPS) is 11.7. The molecule has 1 aromatic heterocycles. The second kappa shape index (κ2) is 4.78. The SMILES string of the molecule is O=Cc1cccc(N=c2ssnc2Br)c1. The summed E-state index contributed by atoms with van der Waals surface area (Å²) in [5, 5.41) is 0. The van der Waals surface area contributed by atoms with Crippen molar-refractivity contribution in [2.24, 2.45) is 4.99 Å². The van der Waals surface area contributed by atoms with Crippen molar-refractivity contribution in [3.63, 3.8) is 0 Å². The Labute approximate surface area is 102 Å². The lowest BCUT2D eigenvalue weighted by molar-refractivity contribution is 0.112. The van der Waals surface area contributed by atoms with Gasteiger partial charge in [-0.3, -0.25) is 4.79 Å². The highest BCUT2D eigenvalue weighted by Crippen LogP contribution is 2.14. The molecule has 76 valence electrons. The Morgan fingerprint density at radius 3 is 3.00 bits per heavy atom. The number of halogens is 1. The van der Waals surface area contributed by atoms with E-state index in [1.165, 1.54) is 20.9 Å². The Bertz CT molecular complexity index is 547. The molecular formula is C9H5BrN2OS2. The van der Waals surface area contributed by atoms with Crippen LogP contribution < -0.4 is 4.67 Å². The molecule has 0 fully saturated rings. The molecule has 0 spiro atoms. The van der Waals surface area contributed by atoms with Crippen LogP contribution in [-0.4, -0.2) is 10.7 Å². The van der Waals surface area contributed by atoms with E-state index in [4.69, 9.17) is 0 Å². The predicted octanol–water partition coefficient (Wildman–Crippen LogP) is 3.01. The van der Waals surface area contributed by atoms with Crippen molar-refractivity contribution < 1.29 is 4.79 Å². The number of nitrogens with zero attached hydrogens (tertiary/aromatic N) is 2. The first-order chi connectivity index (χ1) is 7.29. The number of rotatable bonds is 2. The first-order valence-electron chi connectivity index (χ1n) is 4.01. The quantitative estimate of drug-likeness (QED) is 0.632. The Morgan fingerprint density at radius 2 is 2.33 bits per heavy atom. The third-order valence-corrected chi connectivity index (χ3v) is 4.39. The molecule has 15 heavy (non-hydrogen) atoms. The lowest BCUT2D eigenvalue weighted by Gasteiger charge is -1.92. The Balaban J connectivity index is 2.48. The van der Waals surface area contributed by atoms with Gasteiger partial charge in [0.15, 0.2) is 9.27 Å². The second-order valence-corrected chi connectivity index (χ2v) is 5.25. The van der Waals surface area contributed by atoms with E-state index in [0.29, 0.717) is 5.56 Å². The molecule has 0 aliphatic rings. The molecule has 0 N–H and O–H groups in total. The minimum absolute atomic E-state index is 0.626. The maximum atomic E-state index is 10.6. The highest BCUT2D eigenvalue weighted by atomic mass is 79.9. The van der Waals surface area contributed by atoms with Gasteiger partial charge in [-0.2, -0.15) is 4.37 Å². The summed E-state index contributed by atoms with van der Waals surface area (Å²) in [5.74, 6) is 0. The summed E-state index contributed by atoms with van der Waals surface area (Å²) in [6, 6.07) is 7.14. The Hall–Kier alpha value is -0.850. The van der Waals surface area contributed by atoms with E-state index >= 15 is 0 Å². The number of hydrogen-bond donors (Lipinski definition) is 0. The van der Waals surface area contributed by atoms with Crippen LogP contribution in [0.25, 0.3) is 0 Å². The number of benzene rings is 1. The van der Waals surface area contributed by atoms with Gasteiger partial charge >= 0.3 is 0 Å². The predicted molar refractivity (Wildman–Crippen MR) is 64.7 cm³/mol. The highest BCUT2D eigenvalue weighted by Gasteiger charge is 1.97. The lowest BCUT2D eigenvalue weighted by Crippen LogP contribution is -1.93. The topological polar surface area (TPSA) is 42.3 Å². The first kappa shape index (κ1) is 10.7. The zero-order chi connectivity index (χ0) is 10.7. The minimum Gasteiger partial charge on any atom is -0.298 e. The summed E-state index contributed by atoms with van der Waals surface area (Å²) < 4.78 is 5.64. The molecule has 0 saturated carbocycles. The van der Waals surface area contributed by atoms with Gasteiger partial charge in [-0.25, -0.2) is 4.99 Å². The molecule has 0 radical (unpaired) electrons. The third-order valence-electron chi connectivity index (χ3n) is 1.65. The van der Waals surface area contributed by atoms with Crippen LogP contribution >= 0.6 is 36.8 Å². The van der Waals surface area contributed by atoms with Crippen molar-refractivity contribution >= 4 is 48.8 Å².